The number of rotatable bonds is 3. The first-order valence-corrected chi connectivity index (χ1v) is 7.03. The van der Waals surface area contributed by atoms with E-state index in [0.717, 1.165) is 5.69 Å². The van der Waals surface area contributed by atoms with Gasteiger partial charge in [0.05, 0.1) is 16.8 Å². The van der Waals surface area contributed by atoms with Crippen LogP contribution in [0.15, 0.2) is 58.7 Å². The van der Waals surface area contributed by atoms with Crippen LogP contribution in [0.4, 0.5) is 17.1 Å². The number of nitrogens with one attached hydrogen (secondary N) is 1. The molecule has 0 amide bonds. The fourth-order valence-electron chi connectivity index (χ4n) is 2.60. The molecule has 0 radical (unpaired) electrons. The minimum Gasteiger partial charge on any atom is -0.398 e. The smallest absolute Gasteiger partial charge is 0.215 e. The van der Waals surface area contributed by atoms with E-state index in [-0.39, 0.29) is 28.1 Å². The van der Waals surface area contributed by atoms with Crippen molar-refractivity contribution in [2.45, 2.75) is 0 Å². The summed E-state index contributed by atoms with van der Waals surface area (Å²) in [6, 6.07) is 14.0. The van der Waals surface area contributed by atoms with Crippen LogP contribution >= 0.6 is 0 Å². The Kier molecular flexibility index (Phi) is 3.68. The molecule has 0 fully saturated rings. The molecule has 0 aromatic heterocycles. The molecular weight excluding hydrogens is 304 g/mol. The van der Waals surface area contributed by atoms with Gasteiger partial charge in [0.25, 0.3) is 0 Å². The van der Waals surface area contributed by atoms with Gasteiger partial charge in [0.1, 0.15) is 17.3 Å². The van der Waals surface area contributed by atoms with Crippen LogP contribution in [0.25, 0.3) is 0 Å². The molecular formula is C18H12N4O2. The summed E-state index contributed by atoms with van der Waals surface area (Å²) in [4.78, 5) is 28.8. The molecule has 3 N–H and O–H groups in total. The highest BCUT2D eigenvalue weighted by Crippen LogP contribution is 2.36. The zero-order valence-corrected chi connectivity index (χ0v) is 12.5. The number of hydrogen-bond donors (Lipinski definition) is 2. The molecule has 2 aromatic carbocycles. The summed E-state index contributed by atoms with van der Waals surface area (Å²) in [6.07, 6.45) is 0. The first-order chi connectivity index (χ1) is 11.6. The second kappa shape index (κ2) is 5.82. The molecule has 2 aromatic rings. The second-order valence-electron chi connectivity index (χ2n) is 5.10. The molecule has 0 saturated carbocycles. The molecule has 0 bridgehead atoms. The van der Waals surface area contributed by atoms with E-state index in [1.54, 1.807) is 12.1 Å². The number of anilines is 3. The summed E-state index contributed by atoms with van der Waals surface area (Å²) in [5.41, 5.74) is 6.71. The van der Waals surface area contributed by atoms with Crippen LogP contribution in [-0.2, 0) is 0 Å². The zero-order chi connectivity index (χ0) is 17.3. The van der Waals surface area contributed by atoms with Crippen LogP contribution < -0.4 is 11.1 Å². The monoisotopic (exact) mass is 316 g/mol. The zero-order valence-electron chi connectivity index (χ0n) is 12.5. The van der Waals surface area contributed by atoms with Gasteiger partial charge >= 0.3 is 0 Å². The molecule has 0 unspecified atom stereocenters. The Bertz CT molecular complexity index is 953. The highest BCUT2D eigenvalue weighted by Gasteiger charge is 2.35. The number of aliphatic imine (C=N–C) groups is 1. The summed E-state index contributed by atoms with van der Waals surface area (Å²) < 4.78 is 0. The predicted octanol–water partition coefficient (Wildman–Crippen LogP) is 2.87. The van der Waals surface area contributed by atoms with E-state index in [2.05, 4.69) is 17.0 Å². The van der Waals surface area contributed by atoms with Crippen molar-refractivity contribution in [1.82, 2.24) is 0 Å². The molecule has 116 valence electrons. The molecule has 6 heteroatoms. The number of nitrogen functional groups attached to an aromatic ring is 1. The maximum absolute atomic E-state index is 12.7. The number of nitrogens with zero attached hydrogens (tertiary/aromatic N) is 2. The van der Waals surface area contributed by atoms with Crippen molar-refractivity contribution >= 4 is 35.3 Å². The fraction of sp³-hybridized carbons (Fsp3) is 0. The van der Waals surface area contributed by atoms with E-state index in [4.69, 9.17) is 5.73 Å². The minimum absolute atomic E-state index is 0.0438. The molecule has 3 rings (SSSR count). The standard InChI is InChI=1S/C18H12N4O2/c1-21-16-11(9-19)17(23)15-13(22-10-5-3-2-4-6-10)8-7-12(20)14(15)18(16)24/h2-8,22H,1,20H2. The predicted molar refractivity (Wildman–Crippen MR) is 91.4 cm³/mol. The number of carbonyl (C=O) groups is 2. The Morgan fingerprint density at radius 1 is 1.04 bits per heavy atom. The van der Waals surface area contributed by atoms with Crippen molar-refractivity contribution in [2.24, 2.45) is 4.99 Å². The van der Waals surface area contributed by atoms with Crippen molar-refractivity contribution in [3.8, 4) is 6.07 Å². The number of nitriles is 1. The number of nitrogens with two attached hydrogens (primary N) is 1. The molecule has 24 heavy (non-hydrogen) atoms. The van der Waals surface area contributed by atoms with Gasteiger partial charge in [-0.25, -0.2) is 0 Å². The van der Waals surface area contributed by atoms with Gasteiger partial charge in [0, 0.05) is 11.4 Å². The van der Waals surface area contributed by atoms with Gasteiger partial charge in [-0.15, -0.1) is 0 Å². The lowest BCUT2D eigenvalue weighted by molar-refractivity contribution is 0.0979. The van der Waals surface area contributed by atoms with Crippen molar-refractivity contribution in [1.29, 1.82) is 5.26 Å². The average Bonchev–Trinajstić information content (AvgIpc) is 2.60. The Morgan fingerprint density at radius 2 is 1.75 bits per heavy atom. The molecule has 1 aliphatic rings. The topological polar surface area (TPSA) is 108 Å². The van der Waals surface area contributed by atoms with E-state index in [1.807, 2.05) is 30.3 Å². The maximum Gasteiger partial charge on any atom is 0.215 e. The number of para-hydroxylation sites is 1. The van der Waals surface area contributed by atoms with Crippen LogP contribution in [0, 0.1) is 11.3 Å². The van der Waals surface area contributed by atoms with E-state index in [1.165, 1.54) is 6.07 Å². The summed E-state index contributed by atoms with van der Waals surface area (Å²) in [7, 11) is 0. The van der Waals surface area contributed by atoms with Crippen LogP contribution in [0.5, 0.6) is 0 Å². The van der Waals surface area contributed by atoms with Crippen molar-refractivity contribution in [2.75, 3.05) is 11.1 Å². The third-order valence-corrected chi connectivity index (χ3v) is 3.69. The van der Waals surface area contributed by atoms with Gasteiger partial charge < -0.3 is 11.1 Å². The van der Waals surface area contributed by atoms with Crippen LogP contribution in [0.2, 0.25) is 0 Å². The van der Waals surface area contributed by atoms with E-state index in [0.29, 0.717) is 5.69 Å². The number of allylic oxidation sites excluding steroid dienone is 2. The molecule has 0 saturated heterocycles. The normalized spacial score (nSPS) is 13.3. The summed E-state index contributed by atoms with van der Waals surface area (Å²) >= 11 is 0. The number of benzene rings is 2. The van der Waals surface area contributed by atoms with E-state index < -0.39 is 11.6 Å². The Morgan fingerprint density at radius 3 is 2.38 bits per heavy atom. The number of carbonyl (C=O) groups excluding carboxylic acids is 2. The molecule has 0 heterocycles. The van der Waals surface area contributed by atoms with Gasteiger partial charge in [-0.3, -0.25) is 14.6 Å². The Hall–Kier alpha value is -3.72. The van der Waals surface area contributed by atoms with Crippen LogP contribution in [0.1, 0.15) is 20.7 Å². The quantitative estimate of drug-likeness (QED) is 0.668. The molecule has 1 aliphatic carbocycles. The van der Waals surface area contributed by atoms with Crippen molar-refractivity contribution < 1.29 is 9.59 Å². The molecule has 0 aliphatic heterocycles. The largest absolute Gasteiger partial charge is 0.398 e. The lowest BCUT2D eigenvalue weighted by atomic mass is 9.85. The van der Waals surface area contributed by atoms with Gasteiger partial charge in [0.15, 0.2) is 0 Å². The van der Waals surface area contributed by atoms with Gasteiger partial charge in [-0.05, 0) is 31.0 Å². The highest BCUT2D eigenvalue weighted by molar-refractivity contribution is 6.31. The molecule has 0 spiro atoms. The third-order valence-electron chi connectivity index (χ3n) is 3.69. The highest BCUT2D eigenvalue weighted by atomic mass is 16.1. The summed E-state index contributed by atoms with van der Waals surface area (Å²) in [6.45, 7) is 3.27. The van der Waals surface area contributed by atoms with Gasteiger partial charge in [0.2, 0.25) is 11.6 Å². The van der Waals surface area contributed by atoms with Gasteiger partial charge in [-0.2, -0.15) is 5.26 Å². The van der Waals surface area contributed by atoms with Crippen LogP contribution in [-0.4, -0.2) is 18.3 Å². The number of ketones is 2. The fourth-order valence-corrected chi connectivity index (χ4v) is 2.60. The van der Waals surface area contributed by atoms with Gasteiger partial charge in [-0.1, -0.05) is 18.2 Å². The average molecular weight is 316 g/mol. The number of Topliss-reactive ketones (excluding diaryl/α,β-unsaturated/α-hetero) is 2. The Labute approximate surface area is 137 Å². The Balaban J connectivity index is 2.22. The molecule has 6 nitrogen and oxygen atoms in total. The van der Waals surface area contributed by atoms with Crippen LogP contribution in [0.3, 0.4) is 0 Å². The van der Waals surface area contributed by atoms with E-state index >= 15 is 0 Å². The SMILES string of the molecule is C=NC1=C(C#N)C(=O)c2c(Nc3ccccc3)ccc(N)c2C1=O. The lowest BCUT2D eigenvalue weighted by Crippen LogP contribution is -2.23. The van der Waals surface area contributed by atoms with Crippen molar-refractivity contribution in [3.63, 3.8) is 0 Å². The molecule has 0 atom stereocenters. The first kappa shape index (κ1) is 15.2. The third kappa shape index (κ3) is 2.25. The summed E-state index contributed by atoms with van der Waals surface area (Å²) in [5, 5.41) is 12.3. The first-order valence-electron chi connectivity index (χ1n) is 7.03. The maximum atomic E-state index is 12.7. The van der Waals surface area contributed by atoms with Crippen molar-refractivity contribution in [3.05, 3.63) is 64.9 Å². The van der Waals surface area contributed by atoms with E-state index in [9.17, 15) is 14.9 Å². The number of fused-ring (bicyclic) bond motifs is 1. The minimum atomic E-state index is -0.597. The lowest BCUT2D eigenvalue weighted by Gasteiger charge is -2.20. The summed E-state index contributed by atoms with van der Waals surface area (Å²) in [5.74, 6) is -1.18. The number of hydrogen-bond acceptors (Lipinski definition) is 6. The second-order valence-corrected chi connectivity index (χ2v) is 5.10.